The number of carbonyl (C=O) groups is 3. The van der Waals surface area contributed by atoms with Crippen LogP contribution in [0.4, 0.5) is 0 Å². The van der Waals surface area contributed by atoms with Crippen molar-refractivity contribution in [3.8, 4) is 0 Å². The number of likely N-dealkylation sites (tertiary alicyclic amines) is 2. The highest BCUT2D eigenvalue weighted by molar-refractivity contribution is 7.12. The number of piperidine rings is 2. The van der Waals surface area contributed by atoms with Crippen LogP contribution in [0.1, 0.15) is 59.1 Å². The molecule has 3 heterocycles. The Morgan fingerprint density at radius 3 is 2.39 bits per heavy atom. The summed E-state index contributed by atoms with van der Waals surface area (Å²) in [5, 5.41) is 5.51. The standard InChI is InChI=1S/C25H30ClN3O3S/c1-17-5-2-3-13-29(17)25(32)22(27-23(30)21-6-4-16-33-21)18-11-14-28(15-12-18)24(31)19-7-9-20(26)10-8-19/h4,6-10,16-18,22H,2-3,5,11-15H2,1H3,(H,27,30)/t17-,22-/m1/s1. The molecule has 0 radical (unpaired) electrons. The molecule has 3 amide bonds. The van der Waals surface area contributed by atoms with Crippen LogP contribution in [0.3, 0.4) is 0 Å². The van der Waals surface area contributed by atoms with E-state index < -0.39 is 6.04 Å². The Morgan fingerprint density at radius 2 is 1.76 bits per heavy atom. The highest BCUT2D eigenvalue weighted by atomic mass is 35.5. The summed E-state index contributed by atoms with van der Waals surface area (Å²) in [6.07, 6.45) is 4.45. The molecule has 4 rings (SSSR count). The van der Waals surface area contributed by atoms with E-state index in [1.165, 1.54) is 11.3 Å². The summed E-state index contributed by atoms with van der Waals surface area (Å²) in [5.74, 6) is -0.229. The Balaban J connectivity index is 1.46. The van der Waals surface area contributed by atoms with Gasteiger partial charge in [0.2, 0.25) is 5.91 Å². The summed E-state index contributed by atoms with van der Waals surface area (Å²) in [4.78, 5) is 43.7. The number of carbonyl (C=O) groups excluding carboxylic acids is 3. The van der Waals surface area contributed by atoms with Gasteiger partial charge in [-0.3, -0.25) is 14.4 Å². The van der Waals surface area contributed by atoms with Crippen molar-refractivity contribution in [3.63, 3.8) is 0 Å². The minimum atomic E-state index is -0.576. The number of nitrogens with one attached hydrogen (secondary N) is 1. The Hall–Kier alpha value is -2.38. The van der Waals surface area contributed by atoms with Crippen LogP contribution in [0.5, 0.6) is 0 Å². The molecule has 2 atom stereocenters. The molecule has 0 aliphatic carbocycles. The number of rotatable bonds is 5. The SMILES string of the molecule is C[C@@H]1CCCCN1C(=O)[C@H](NC(=O)c1cccs1)C1CCN(C(=O)c2ccc(Cl)cc2)CC1. The summed E-state index contributed by atoms with van der Waals surface area (Å²) in [6.45, 7) is 3.93. The Morgan fingerprint density at radius 1 is 1.03 bits per heavy atom. The highest BCUT2D eigenvalue weighted by Crippen LogP contribution is 2.27. The maximum absolute atomic E-state index is 13.6. The molecular weight excluding hydrogens is 458 g/mol. The molecule has 0 bridgehead atoms. The second kappa shape index (κ2) is 10.7. The zero-order valence-electron chi connectivity index (χ0n) is 18.8. The monoisotopic (exact) mass is 487 g/mol. The highest BCUT2D eigenvalue weighted by Gasteiger charge is 2.38. The van der Waals surface area contributed by atoms with Gasteiger partial charge < -0.3 is 15.1 Å². The van der Waals surface area contributed by atoms with Crippen molar-refractivity contribution < 1.29 is 14.4 Å². The fourth-order valence-corrected chi connectivity index (χ4v) is 5.57. The average molecular weight is 488 g/mol. The van der Waals surface area contributed by atoms with Gasteiger partial charge in [0.25, 0.3) is 11.8 Å². The molecule has 2 aliphatic rings. The number of benzene rings is 1. The smallest absolute Gasteiger partial charge is 0.262 e. The van der Waals surface area contributed by atoms with E-state index in [1.807, 2.05) is 21.2 Å². The van der Waals surface area contributed by atoms with Crippen LogP contribution in [0, 0.1) is 5.92 Å². The molecule has 0 unspecified atom stereocenters. The molecule has 2 aromatic rings. The van der Waals surface area contributed by atoms with E-state index in [1.54, 1.807) is 30.3 Å². The molecular formula is C25H30ClN3O3S. The van der Waals surface area contributed by atoms with Crippen LogP contribution in [0.2, 0.25) is 5.02 Å². The van der Waals surface area contributed by atoms with Gasteiger partial charge in [-0.25, -0.2) is 0 Å². The lowest BCUT2D eigenvalue weighted by Crippen LogP contribution is -2.57. The molecule has 6 nitrogen and oxygen atoms in total. The van der Waals surface area contributed by atoms with Crippen LogP contribution >= 0.6 is 22.9 Å². The third-order valence-corrected chi connectivity index (χ3v) is 7.89. The van der Waals surface area contributed by atoms with Gasteiger partial charge in [-0.1, -0.05) is 17.7 Å². The van der Waals surface area contributed by atoms with Crippen molar-refractivity contribution in [2.24, 2.45) is 5.92 Å². The minimum absolute atomic E-state index is 0.00887. The molecule has 176 valence electrons. The van der Waals surface area contributed by atoms with Crippen LogP contribution in [0.15, 0.2) is 41.8 Å². The third-order valence-electron chi connectivity index (χ3n) is 6.77. The predicted octanol–water partition coefficient (Wildman–Crippen LogP) is 4.45. The van der Waals surface area contributed by atoms with Gasteiger partial charge in [0.05, 0.1) is 4.88 Å². The van der Waals surface area contributed by atoms with Gasteiger partial charge in [-0.15, -0.1) is 11.3 Å². The van der Waals surface area contributed by atoms with Crippen molar-refractivity contribution >= 4 is 40.7 Å². The molecule has 2 aliphatic heterocycles. The van der Waals surface area contributed by atoms with Crippen LogP contribution in [0.25, 0.3) is 0 Å². The van der Waals surface area contributed by atoms with Crippen LogP contribution in [-0.2, 0) is 4.79 Å². The van der Waals surface area contributed by atoms with E-state index in [4.69, 9.17) is 11.6 Å². The van der Waals surface area contributed by atoms with E-state index in [-0.39, 0.29) is 29.7 Å². The van der Waals surface area contributed by atoms with Crippen molar-refractivity contribution in [1.82, 2.24) is 15.1 Å². The Labute approximate surface area is 203 Å². The van der Waals surface area contributed by atoms with Gasteiger partial charge in [0, 0.05) is 36.3 Å². The number of thiophene rings is 1. The molecule has 1 N–H and O–H groups in total. The normalized spacial score (nSPS) is 20.4. The quantitative estimate of drug-likeness (QED) is 0.677. The number of nitrogens with zero attached hydrogens (tertiary/aromatic N) is 2. The first-order valence-electron chi connectivity index (χ1n) is 11.6. The summed E-state index contributed by atoms with van der Waals surface area (Å²) in [5.41, 5.74) is 0.610. The predicted molar refractivity (Wildman–Crippen MR) is 131 cm³/mol. The van der Waals surface area contributed by atoms with Crippen molar-refractivity contribution in [3.05, 3.63) is 57.2 Å². The number of amides is 3. The fourth-order valence-electron chi connectivity index (χ4n) is 4.82. The van der Waals surface area contributed by atoms with Crippen molar-refractivity contribution in [2.45, 2.75) is 51.1 Å². The molecule has 0 saturated carbocycles. The summed E-state index contributed by atoms with van der Waals surface area (Å²) >= 11 is 7.32. The lowest BCUT2D eigenvalue weighted by atomic mass is 9.87. The van der Waals surface area contributed by atoms with Gasteiger partial charge >= 0.3 is 0 Å². The van der Waals surface area contributed by atoms with E-state index in [9.17, 15) is 14.4 Å². The molecule has 2 saturated heterocycles. The van der Waals surface area contributed by atoms with Crippen molar-refractivity contribution in [2.75, 3.05) is 19.6 Å². The molecule has 8 heteroatoms. The van der Waals surface area contributed by atoms with E-state index >= 15 is 0 Å². The van der Waals surface area contributed by atoms with Gasteiger partial charge in [0.15, 0.2) is 0 Å². The number of hydrogen-bond acceptors (Lipinski definition) is 4. The third kappa shape index (κ3) is 5.58. The minimum Gasteiger partial charge on any atom is -0.339 e. The lowest BCUT2D eigenvalue weighted by Gasteiger charge is -2.40. The second-order valence-corrected chi connectivity index (χ2v) is 10.3. The lowest BCUT2D eigenvalue weighted by molar-refractivity contribution is -0.138. The summed E-state index contributed by atoms with van der Waals surface area (Å²) in [7, 11) is 0. The zero-order valence-corrected chi connectivity index (χ0v) is 20.4. The second-order valence-electron chi connectivity index (χ2n) is 8.94. The summed E-state index contributed by atoms with van der Waals surface area (Å²) in [6, 6.07) is 10.1. The fraction of sp³-hybridized carbons (Fsp3) is 0.480. The summed E-state index contributed by atoms with van der Waals surface area (Å²) < 4.78 is 0. The molecule has 2 fully saturated rings. The number of halogens is 1. The average Bonchev–Trinajstić information content (AvgIpc) is 3.38. The Bertz CT molecular complexity index is 971. The van der Waals surface area contributed by atoms with Crippen molar-refractivity contribution in [1.29, 1.82) is 0 Å². The largest absolute Gasteiger partial charge is 0.339 e. The Kier molecular flexibility index (Phi) is 7.71. The first-order chi connectivity index (χ1) is 15.9. The van der Waals surface area contributed by atoms with Gasteiger partial charge in [-0.05, 0) is 80.7 Å². The van der Waals surface area contributed by atoms with E-state index in [0.717, 1.165) is 25.8 Å². The molecule has 1 aromatic heterocycles. The molecule has 0 spiro atoms. The topological polar surface area (TPSA) is 69.7 Å². The van der Waals surface area contributed by atoms with Gasteiger partial charge in [0.1, 0.15) is 6.04 Å². The number of hydrogen-bond donors (Lipinski definition) is 1. The van der Waals surface area contributed by atoms with Gasteiger partial charge in [-0.2, -0.15) is 0 Å². The van der Waals surface area contributed by atoms with Crippen LogP contribution in [-0.4, -0.2) is 59.2 Å². The molecule has 1 aromatic carbocycles. The van der Waals surface area contributed by atoms with E-state index in [2.05, 4.69) is 12.2 Å². The maximum Gasteiger partial charge on any atom is 0.262 e. The van der Waals surface area contributed by atoms with Crippen LogP contribution < -0.4 is 5.32 Å². The first-order valence-corrected chi connectivity index (χ1v) is 12.9. The van der Waals surface area contributed by atoms with E-state index in [0.29, 0.717) is 41.4 Å². The molecule has 33 heavy (non-hydrogen) atoms. The maximum atomic E-state index is 13.6. The zero-order chi connectivity index (χ0) is 23.4. The first kappa shape index (κ1) is 23.8.